The van der Waals surface area contributed by atoms with Crippen molar-refractivity contribution in [1.82, 2.24) is 0 Å². The van der Waals surface area contributed by atoms with Gasteiger partial charge in [0.05, 0.1) is 13.2 Å². The molecule has 16 heavy (non-hydrogen) atoms. The fraction of sp³-hybridized carbons (Fsp3) is 1.00. The first-order valence-corrected chi connectivity index (χ1v) is 5.61. The molecule has 5 nitrogen and oxygen atoms in total. The van der Waals surface area contributed by atoms with Crippen molar-refractivity contribution in [2.45, 2.75) is 57.6 Å². The van der Waals surface area contributed by atoms with E-state index in [0.29, 0.717) is 6.61 Å². The predicted molar refractivity (Wildman–Crippen MR) is 55.8 cm³/mol. The summed E-state index contributed by atoms with van der Waals surface area (Å²) in [4.78, 5) is 0. The van der Waals surface area contributed by atoms with Crippen molar-refractivity contribution in [1.29, 1.82) is 0 Å². The standard InChI is InChI=1S/C11H20O5/c1-10(2)13-6-8-9(16-10)7(5-12)14-11(3,4)15-8/h7-9,12H,5-6H2,1-4H3/t7-,8+,9+/m0/s1. The first-order chi connectivity index (χ1) is 7.33. The summed E-state index contributed by atoms with van der Waals surface area (Å²) in [7, 11) is 0. The average molecular weight is 232 g/mol. The smallest absolute Gasteiger partial charge is 0.163 e. The molecule has 2 fully saturated rings. The number of rotatable bonds is 1. The summed E-state index contributed by atoms with van der Waals surface area (Å²) in [5.41, 5.74) is 0. The summed E-state index contributed by atoms with van der Waals surface area (Å²) >= 11 is 0. The van der Waals surface area contributed by atoms with Gasteiger partial charge in [-0.05, 0) is 27.7 Å². The highest BCUT2D eigenvalue weighted by molar-refractivity contribution is 4.89. The molecular formula is C11H20O5. The van der Waals surface area contributed by atoms with Gasteiger partial charge < -0.3 is 24.1 Å². The van der Waals surface area contributed by atoms with Crippen LogP contribution in [0.3, 0.4) is 0 Å². The van der Waals surface area contributed by atoms with Crippen molar-refractivity contribution < 1.29 is 24.1 Å². The normalized spacial score (nSPS) is 41.4. The van der Waals surface area contributed by atoms with E-state index in [-0.39, 0.29) is 24.9 Å². The summed E-state index contributed by atoms with van der Waals surface area (Å²) in [6.07, 6.45) is -0.826. The lowest BCUT2D eigenvalue weighted by molar-refractivity contribution is -0.408. The molecule has 0 radical (unpaired) electrons. The van der Waals surface area contributed by atoms with Crippen LogP contribution in [-0.4, -0.2) is 48.2 Å². The molecule has 2 saturated heterocycles. The molecule has 5 heteroatoms. The second-order valence-electron chi connectivity index (χ2n) is 5.19. The van der Waals surface area contributed by atoms with Gasteiger partial charge in [-0.15, -0.1) is 0 Å². The molecule has 2 aliphatic rings. The third kappa shape index (κ3) is 2.38. The zero-order valence-electron chi connectivity index (χ0n) is 10.2. The van der Waals surface area contributed by atoms with Crippen molar-refractivity contribution in [2.24, 2.45) is 0 Å². The van der Waals surface area contributed by atoms with Crippen LogP contribution < -0.4 is 0 Å². The first-order valence-electron chi connectivity index (χ1n) is 5.61. The van der Waals surface area contributed by atoms with E-state index in [1.54, 1.807) is 0 Å². The lowest BCUT2D eigenvalue weighted by Crippen LogP contribution is -2.63. The van der Waals surface area contributed by atoms with Crippen LogP contribution in [0.5, 0.6) is 0 Å². The second-order valence-corrected chi connectivity index (χ2v) is 5.19. The number of ether oxygens (including phenoxy) is 4. The van der Waals surface area contributed by atoms with Crippen molar-refractivity contribution in [3.63, 3.8) is 0 Å². The van der Waals surface area contributed by atoms with Crippen molar-refractivity contribution >= 4 is 0 Å². The fourth-order valence-electron chi connectivity index (χ4n) is 2.20. The zero-order chi connectivity index (χ0) is 12.0. The van der Waals surface area contributed by atoms with Crippen molar-refractivity contribution in [3.05, 3.63) is 0 Å². The fourth-order valence-corrected chi connectivity index (χ4v) is 2.20. The predicted octanol–water partition coefficient (Wildman–Crippen LogP) is 0.650. The maximum Gasteiger partial charge on any atom is 0.163 e. The average Bonchev–Trinajstić information content (AvgIpc) is 2.16. The summed E-state index contributed by atoms with van der Waals surface area (Å²) in [5.74, 6) is -1.36. The van der Waals surface area contributed by atoms with Gasteiger partial charge in [0.15, 0.2) is 11.6 Å². The Hall–Kier alpha value is -0.200. The molecule has 0 bridgehead atoms. The van der Waals surface area contributed by atoms with Crippen molar-refractivity contribution in [2.75, 3.05) is 13.2 Å². The maximum atomic E-state index is 9.33. The number of aliphatic hydroxyl groups excluding tert-OH is 1. The molecule has 0 aromatic heterocycles. The Labute approximate surface area is 95.6 Å². The lowest BCUT2D eigenvalue weighted by atomic mass is 10.0. The highest BCUT2D eigenvalue weighted by Crippen LogP contribution is 2.35. The summed E-state index contributed by atoms with van der Waals surface area (Å²) in [5, 5.41) is 9.33. The monoisotopic (exact) mass is 232 g/mol. The third-order valence-corrected chi connectivity index (χ3v) is 2.80. The Balaban J connectivity index is 2.14. The van der Waals surface area contributed by atoms with E-state index in [2.05, 4.69) is 0 Å². The van der Waals surface area contributed by atoms with Gasteiger partial charge in [-0.3, -0.25) is 0 Å². The molecule has 0 spiro atoms. The second kappa shape index (κ2) is 3.92. The van der Waals surface area contributed by atoms with E-state index in [4.69, 9.17) is 18.9 Å². The quantitative estimate of drug-likeness (QED) is 0.719. The molecule has 0 aromatic rings. The largest absolute Gasteiger partial charge is 0.394 e. The molecule has 0 amide bonds. The van der Waals surface area contributed by atoms with Crippen LogP contribution in [0.4, 0.5) is 0 Å². The van der Waals surface area contributed by atoms with E-state index in [9.17, 15) is 5.11 Å². The van der Waals surface area contributed by atoms with Gasteiger partial charge >= 0.3 is 0 Å². The Morgan fingerprint density at radius 1 is 1.06 bits per heavy atom. The Bertz CT molecular complexity index is 253. The van der Waals surface area contributed by atoms with Gasteiger partial charge in [0, 0.05) is 0 Å². The minimum Gasteiger partial charge on any atom is -0.394 e. The Morgan fingerprint density at radius 2 is 1.75 bits per heavy atom. The van der Waals surface area contributed by atoms with Crippen LogP contribution in [0.2, 0.25) is 0 Å². The van der Waals surface area contributed by atoms with Gasteiger partial charge in [0.25, 0.3) is 0 Å². The summed E-state index contributed by atoms with van der Waals surface area (Å²) < 4.78 is 22.6. The third-order valence-electron chi connectivity index (χ3n) is 2.80. The molecular weight excluding hydrogens is 212 g/mol. The van der Waals surface area contributed by atoms with Crippen molar-refractivity contribution in [3.8, 4) is 0 Å². The Kier molecular flexibility index (Phi) is 3.01. The van der Waals surface area contributed by atoms with E-state index < -0.39 is 11.6 Å². The van der Waals surface area contributed by atoms with E-state index >= 15 is 0 Å². The van der Waals surface area contributed by atoms with Crippen LogP contribution in [0.15, 0.2) is 0 Å². The molecule has 94 valence electrons. The number of hydrogen-bond acceptors (Lipinski definition) is 5. The van der Waals surface area contributed by atoms with Crippen LogP contribution in [-0.2, 0) is 18.9 Å². The van der Waals surface area contributed by atoms with Crippen LogP contribution in [0.1, 0.15) is 27.7 Å². The molecule has 0 unspecified atom stereocenters. The minimum atomic E-state index is -0.706. The maximum absolute atomic E-state index is 9.33. The van der Waals surface area contributed by atoms with E-state index in [1.807, 2.05) is 27.7 Å². The molecule has 0 saturated carbocycles. The highest BCUT2D eigenvalue weighted by Gasteiger charge is 2.49. The molecule has 3 atom stereocenters. The number of fused-ring (bicyclic) bond motifs is 1. The summed E-state index contributed by atoms with van der Waals surface area (Å²) in [6.45, 7) is 7.72. The molecule has 0 aliphatic carbocycles. The molecule has 1 N–H and O–H groups in total. The zero-order valence-corrected chi connectivity index (χ0v) is 10.2. The van der Waals surface area contributed by atoms with Gasteiger partial charge in [0.1, 0.15) is 18.3 Å². The van der Waals surface area contributed by atoms with Gasteiger partial charge in [0.2, 0.25) is 0 Å². The van der Waals surface area contributed by atoms with Gasteiger partial charge in [-0.1, -0.05) is 0 Å². The van der Waals surface area contributed by atoms with Crippen LogP contribution in [0, 0.1) is 0 Å². The van der Waals surface area contributed by atoms with E-state index in [0.717, 1.165) is 0 Å². The molecule has 2 rings (SSSR count). The van der Waals surface area contributed by atoms with Crippen LogP contribution in [0.25, 0.3) is 0 Å². The SMILES string of the molecule is CC1(C)OC[C@H]2OC(C)(C)O[C@@H](CO)[C@H]2O1. The van der Waals surface area contributed by atoms with Gasteiger partial charge in [-0.25, -0.2) is 0 Å². The first kappa shape index (κ1) is 12.3. The van der Waals surface area contributed by atoms with Crippen LogP contribution >= 0.6 is 0 Å². The number of aliphatic hydroxyl groups is 1. The molecule has 2 heterocycles. The van der Waals surface area contributed by atoms with E-state index in [1.165, 1.54) is 0 Å². The topological polar surface area (TPSA) is 57.2 Å². The lowest BCUT2D eigenvalue weighted by Gasteiger charge is -2.50. The highest BCUT2D eigenvalue weighted by atomic mass is 16.8. The molecule has 2 aliphatic heterocycles. The summed E-state index contributed by atoms with van der Waals surface area (Å²) in [6, 6.07) is 0. The minimum absolute atomic E-state index is 0.0793. The Morgan fingerprint density at radius 3 is 2.38 bits per heavy atom. The van der Waals surface area contributed by atoms with Gasteiger partial charge in [-0.2, -0.15) is 0 Å². The molecule has 0 aromatic carbocycles. The number of hydrogen-bond donors (Lipinski definition) is 1.